The molecule has 6 heterocycles. The number of allylic oxidation sites excluding steroid dienone is 1. The molecule has 4 atom stereocenters. The average Bonchev–Trinajstić information content (AvgIpc) is 3.75. The minimum Gasteiger partial charge on any atom is -0.476 e. The van der Waals surface area contributed by atoms with Crippen molar-refractivity contribution in [2.45, 2.75) is 81.6 Å². The zero-order chi connectivity index (χ0) is 53.0. The van der Waals surface area contributed by atoms with Gasteiger partial charge in [-0.1, -0.05) is 37.6 Å². The van der Waals surface area contributed by atoms with Crippen molar-refractivity contribution < 1.29 is 46.6 Å². The predicted octanol–water partition coefficient (Wildman–Crippen LogP) is 8.36. The fourth-order valence-corrected chi connectivity index (χ4v) is 12.2. The van der Waals surface area contributed by atoms with Crippen LogP contribution >= 0.6 is 11.6 Å². The molecule has 2 aromatic heterocycles. The summed E-state index contributed by atoms with van der Waals surface area (Å²) in [6.07, 6.45) is 6.03. The number of nitrogens with zero attached hydrogens (tertiary/aromatic N) is 5. The number of carbonyl (C=O) groups is 1. The lowest BCUT2D eigenvalue weighted by Crippen LogP contribution is -2.56. The number of carbonyl (C=O) groups excluding carboxylic acids is 1. The number of aromatic nitrogens is 2. The molecule has 0 radical (unpaired) electrons. The highest BCUT2D eigenvalue weighted by atomic mass is 35.5. The Balaban J connectivity index is 0.928. The number of fused-ring (bicyclic) bond motifs is 4. The van der Waals surface area contributed by atoms with Crippen LogP contribution < -0.4 is 24.6 Å². The number of amides is 1. The summed E-state index contributed by atoms with van der Waals surface area (Å²) in [6, 6.07) is 21.0. The highest BCUT2D eigenvalue weighted by Gasteiger charge is 2.39. The number of H-pyrrole nitrogens is 1. The number of benzene rings is 3. The van der Waals surface area contributed by atoms with Crippen molar-refractivity contribution in [2.24, 2.45) is 5.41 Å². The summed E-state index contributed by atoms with van der Waals surface area (Å²) in [5.74, 6) is -0.542. The highest BCUT2D eigenvalue weighted by Crippen LogP contribution is 2.46. The number of piperazine rings is 1. The Labute approximate surface area is 448 Å². The summed E-state index contributed by atoms with van der Waals surface area (Å²) in [6.45, 7) is 11.4. The van der Waals surface area contributed by atoms with Crippen LogP contribution in [-0.4, -0.2) is 151 Å². The van der Waals surface area contributed by atoms with Crippen LogP contribution in [0.2, 0.25) is 5.02 Å². The molecule has 3 fully saturated rings. The quantitative estimate of drug-likeness (QED) is 0.0542. The van der Waals surface area contributed by atoms with Gasteiger partial charge in [0.1, 0.15) is 17.0 Å². The summed E-state index contributed by atoms with van der Waals surface area (Å²) in [5.41, 5.74) is 6.06. The van der Waals surface area contributed by atoms with Gasteiger partial charge in [-0.25, -0.2) is 13.1 Å². The normalized spacial score (nSPS) is 22.6. The number of aromatic amines is 1. The lowest BCUT2D eigenvalue weighted by atomic mass is 9.71. The lowest BCUT2D eigenvalue weighted by Gasteiger charge is -2.45. The van der Waals surface area contributed by atoms with E-state index in [1.807, 2.05) is 41.3 Å². The number of hydrogen-bond donors (Lipinski definition) is 3. The summed E-state index contributed by atoms with van der Waals surface area (Å²) >= 11 is 6.38. The highest BCUT2D eigenvalue weighted by molar-refractivity contribution is 7.90. The van der Waals surface area contributed by atoms with Gasteiger partial charge < -0.3 is 48.5 Å². The largest absolute Gasteiger partial charge is 0.476 e. The molecule has 0 bridgehead atoms. The van der Waals surface area contributed by atoms with Gasteiger partial charge in [-0.2, -0.15) is 4.98 Å². The van der Waals surface area contributed by atoms with Gasteiger partial charge in [0.25, 0.3) is 21.6 Å². The SMILES string of the molecule is COCCO[C@H]1CCC(CNc2ccc(S(=O)(=O)NC(=O)c3ccc(N4CCN5CC6=C(c7ccc(Cl)cc7)CC(C)(C)C[C@H]6OCCCOC[C@@H]5C4)cc3N3CCCOc4nc5[nH]ccc5cc43)cc2[N+](=O)[O-])OC1. The second kappa shape index (κ2) is 23.4. The van der Waals surface area contributed by atoms with Gasteiger partial charge in [0.05, 0.1) is 78.5 Å². The van der Waals surface area contributed by atoms with Crippen LogP contribution in [0, 0.1) is 15.5 Å². The Morgan fingerprint density at radius 1 is 0.961 bits per heavy atom. The van der Waals surface area contributed by atoms with E-state index in [2.05, 4.69) is 50.8 Å². The molecule has 5 aromatic rings. The fraction of sp³-hybridized carbons (Fsp3) is 0.491. The zero-order valence-corrected chi connectivity index (χ0v) is 44.8. The molecule has 10 rings (SSSR count). The van der Waals surface area contributed by atoms with Gasteiger partial charge >= 0.3 is 0 Å². The summed E-state index contributed by atoms with van der Waals surface area (Å²) in [7, 11) is -3.04. The molecule has 1 aliphatic carbocycles. The first-order valence-corrected chi connectivity index (χ1v) is 28.1. The number of anilines is 4. The molecule has 4 aliphatic heterocycles. The third-order valence-electron chi connectivity index (χ3n) is 15.0. The van der Waals surface area contributed by atoms with E-state index in [-0.39, 0.29) is 47.6 Å². The molecule has 21 heteroatoms. The van der Waals surface area contributed by atoms with E-state index in [1.165, 1.54) is 23.3 Å². The predicted molar refractivity (Wildman–Crippen MR) is 291 cm³/mol. The Hall–Kier alpha value is -5.84. The van der Waals surface area contributed by atoms with Gasteiger partial charge in [0.15, 0.2) is 0 Å². The first-order chi connectivity index (χ1) is 36.7. The number of ether oxygens (including phenoxy) is 6. The standard InChI is InChI=1S/C55H67ClN8O11S/c1-55(2)29-45(36-6-8-38(56)9-7-36)46-33-62-20-19-61(32-40(62)34-71-21-5-23-73-51(46)30-55)39-10-14-44(48(27-39)63-18-4-22-74-54-50(63)26-37-16-17-57-52(37)59-54)53(65)60-76(68,69)43-13-15-47(49(28-43)64(66)67)58-31-41-11-12-42(35-75-41)72-25-24-70-3/h6-10,13-17,26-28,40-42,51,58H,4-5,11-12,18-25,29-35H2,1-3H3,(H,57,59)(H,60,65)/t40-,41?,42-,51+/m0/s1. The molecule has 1 unspecified atom stereocenters. The maximum atomic E-state index is 14.7. The van der Waals surface area contributed by atoms with Crippen molar-refractivity contribution in [3.8, 4) is 5.88 Å². The zero-order valence-electron chi connectivity index (χ0n) is 43.3. The number of halogens is 1. The maximum absolute atomic E-state index is 14.7. The van der Waals surface area contributed by atoms with E-state index in [9.17, 15) is 23.3 Å². The van der Waals surface area contributed by atoms with Crippen molar-refractivity contribution in [3.05, 3.63) is 111 Å². The third-order valence-corrected chi connectivity index (χ3v) is 16.6. The number of sulfonamides is 1. The first-order valence-electron chi connectivity index (χ1n) is 26.2. The van der Waals surface area contributed by atoms with E-state index in [0.717, 1.165) is 54.9 Å². The van der Waals surface area contributed by atoms with Crippen molar-refractivity contribution in [1.82, 2.24) is 19.6 Å². The van der Waals surface area contributed by atoms with E-state index in [1.54, 1.807) is 19.4 Å². The van der Waals surface area contributed by atoms with Gasteiger partial charge in [0.2, 0.25) is 5.88 Å². The van der Waals surface area contributed by atoms with Gasteiger partial charge in [0, 0.05) is 88.0 Å². The molecular weight excluding hydrogens is 1020 g/mol. The van der Waals surface area contributed by atoms with Crippen LogP contribution in [0.5, 0.6) is 5.88 Å². The average molecular weight is 1080 g/mol. The minimum atomic E-state index is -4.65. The number of nitro groups is 1. The van der Waals surface area contributed by atoms with Crippen LogP contribution in [0.25, 0.3) is 16.6 Å². The summed E-state index contributed by atoms with van der Waals surface area (Å²) in [5, 5.41) is 17.0. The second-order valence-electron chi connectivity index (χ2n) is 21.0. The van der Waals surface area contributed by atoms with Crippen molar-refractivity contribution in [2.75, 3.05) is 108 Å². The van der Waals surface area contributed by atoms with Gasteiger partial charge in [-0.15, -0.1) is 0 Å². The molecule has 19 nitrogen and oxygen atoms in total. The Morgan fingerprint density at radius 2 is 1.82 bits per heavy atom. The minimum absolute atomic E-state index is 0.00168. The number of nitro benzene ring substituents is 1. The Kier molecular flexibility index (Phi) is 16.5. The van der Waals surface area contributed by atoms with Crippen LogP contribution in [0.4, 0.5) is 28.4 Å². The van der Waals surface area contributed by atoms with E-state index in [0.29, 0.717) is 113 Å². The summed E-state index contributed by atoms with van der Waals surface area (Å²) in [4.78, 5) is 40.7. The number of rotatable bonds is 14. The molecular formula is C55H67ClN8O11S. The fourth-order valence-electron chi connectivity index (χ4n) is 11.1. The lowest BCUT2D eigenvalue weighted by molar-refractivity contribution is -0.384. The van der Waals surface area contributed by atoms with Gasteiger partial charge in [-0.05, 0) is 115 Å². The molecule has 3 N–H and O–H groups in total. The van der Waals surface area contributed by atoms with E-state index >= 15 is 0 Å². The second-order valence-corrected chi connectivity index (χ2v) is 23.1. The van der Waals surface area contributed by atoms with E-state index in [4.69, 9.17) is 45.0 Å². The van der Waals surface area contributed by atoms with Crippen molar-refractivity contribution in [1.29, 1.82) is 0 Å². The van der Waals surface area contributed by atoms with Crippen LogP contribution in [0.1, 0.15) is 68.3 Å². The molecule has 1 amide bonds. The Morgan fingerprint density at radius 3 is 2.62 bits per heavy atom. The van der Waals surface area contributed by atoms with E-state index < -0.39 is 31.4 Å². The maximum Gasteiger partial charge on any atom is 0.293 e. The molecule has 5 aliphatic rings. The molecule has 3 saturated heterocycles. The number of methoxy groups -OCH3 is 1. The third kappa shape index (κ3) is 12.3. The smallest absolute Gasteiger partial charge is 0.293 e. The number of pyridine rings is 1. The first kappa shape index (κ1) is 53.6. The molecule has 76 heavy (non-hydrogen) atoms. The van der Waals surface area contributed by atoms with Crippen LogP contribution in [-0.2, 0) is 33.7 Å². The monoisotopic (exact) mass is 1080 g/mol. The topological polar surface area (TPSA) is 212 Å². The Bertz CT molecular complexity index is 3040. The van der Waals surface area contributed by atoms with Crippen molar-refractivity contribution >= 4 is 72.6 Å². The summed E-state index contributed by atoms with van der Waals surface area (Å²) < 4.78 is 66.7. The molecule has 3 aromatic carbocycles. The number of hydrogen-bond acceptors (Lipinski definition) is 16. The van der Waals surface area contributed by atoms with Crippen LogP contribution in [0.15, 0.2) is 89.5 Å². The van der Waals surface area contributed by atoms with Crippen LogP contribution in [0.3, 0.4) is 0 Å². The number of nitrogens with one attached hydrogen (secondary N) is 3. The van der Waals surface area contributed by atoms with Gasteiger partial charge in [-0.3, -0.25) is 19.8 Å². The molecule has 0 saturated carbocycles. The molecule has 0 spiro atoms. The van der Waals surface area contributed by atoms with Crippen molar-refractivity contribution in [3.63, 3.8) is 0 Å². The molecule has 406 valence electrons.